The number of hydrogen-bond acceptors (Lipinski definition) is 6. The summed E-state index contributed by atoms with van der Waals surface area (Å²) in [6, 6.07) is 21.8. The summed E-state index contributed by atoms with van der Waals surface area (Å²) in [6.45, 7) is 10.3. The summed E-state index contributed by atoms with van der Waals surface area (Å²) in [4.78, 5) is 2.40. The monoisotopic (exact) mass is 503 g/mol. The number of fused-ring (bicyclic) bond motifs is 1. The highest BCUT2D eigenvalue weighted by molar-refractivity contribution is 5.90. The Bertz CT molecular complexity index is 1280. The Morgan fingerprint density at radius 3 is 1.97 bits per heavy atom. The topological polar surface area (TPSA) is 64.3 Å². The third-order valence-corrected chi connectivity index (χ3v) is 6.70. The van der Waals surface area contributed by atoms with Crippen molar-refractivity contribution in [3.63, 3.8) is 0 Å². The number of nitrogens with zero attached hydrogens (tertiary/aromatic N) is 1. The fourth-order valence-electron chi connectivity index (χ4n) is 4.75. The second-order valence-electron chi connectivity index (χ2n) is 9.68. The number of rotatable bonds is 11. The number of furan rings is 1. The fourth-order valence-corrected chi connectivity index (χ4v) is 4.75. The molecule has 0 bridgehead atoms. The zero-order chi connectivity index (χ0) is 26.5. The quantitative estimate of drug-likeness (QED) is 0.246. The van der Waals surface area contributed by atoms with Crippen LogP contribution >= 0.6 is 0 Å². The smallest absolute Gasteiger partial charge is 0.141 e. The molecule has 0 saturated carbocycles. The zero-order valence-electron chi connectivity index (χ0n) is 22.5. The molecule has 0 radical (unpaired) electrons. The van der Waals surface area contributed by atoms with Crippen molar-refractivity contribution in [2.45, 2.75) is 45.9 Å². The summed E-state index contributed by atoms with van der Waals surface area (Å²) in [5.74, 6) is 2.84. The van der Waals surface area contributed by atoms with Crippen LogP contribution in [-0.4, -0.2) is 49.5 Å². The Labute approximate surface area is 219 Å². The van der Waals surface area contributed by atoms with Gasteiger partial charge in [-0.05, 0) is 81.8 Å². The van der Waals surface area contributed by atoms with Crippen LogP contribution in [0.3, 0.4) is 0 Å². The largest absolute Gasteiger partial charge is 0.497 e. The van der Waals surface area contributed by atoms with Gasteiger partial charge in [0.05, 0.1) is 14.2 Å². The van der Waals surface area contributed by atoms with Crippen LogP contribution in [-0.2, 0) is 0 Å². The highest BCUT2D eigenvalue weighted by Crippen LogP contribution is 2.41. The van der Waals surface area contributed by atoms with Gasteiger partial charge in [0.15, 0.2) is 0 Å². The van der Waals surface area contributed by atoms with Crippen molar-refractivity contribution in [3.8, 4) is 28.6 Å². The van der Waals surface area contributed by atoms with E-state index in [1.165, 1.54) is 0 Å². The third-order valence-electron chi connectivity index (χ3n) is 6.70. The summed E-state index contributed by atoms with van der Waals surface area (Å²) in [6.07, 6.45) is -0.891. The zero-order valence-corrected chi connectivity index (χ0v) is 22.5. The van der Waals surface area contributed by atoms with Gasteiger partial charge in [-0.1, -0.05) is 12.1 Å². The number of benzene rings is 3. The number of ether oxygens (including phenoxy) is 3. The maximum absolute atomic E-state index is 11.5. The number of aliphatic hydroxyl groups excluding tert-OH is 1. The van der Waals surface area contributed by atoms with Crippen LogP contribution in [0.5, 0.6) is 17.2 Å². The molecule has 0 aliphatic carbocycles. The van der Waals surface area contributed by atoms with E-state index in [9.17, 15) is 5.11 Å². The van der Waals surface area contributed by atoms with Gasteiger partial charge in [0.2, 0.25) is 0 Å². The van der Waals surface area contributed by atoms with Crippen molar-refractivity contribution < 1.29 is 23.7 Å². The summed E-state index contributed by atoms with van der Waals surface area (Å²) in [5, 5.41) is 12.4. The van der Waals surface area contributed by atoms with Gasteiger partial charge < -0.3 is 23.7 Å². The van der Waals surface area contributed by atoms with Gasteiger partial charge in [0.25, 0.3) is 0 Å². The Kier molecular flexibility index (Phi) is 8.41. The molecule has 196 valence electrons. The van der Waals surface area contributed by atoms with Gasteiger partial charge in [-0.15, -0.1) is 0 Å². The number of methoxy groups -OCH3 is 2. The van der Waals surface area contributed by atoms with E-state index in [1.807, 2.05) is 66.7 Å². The van der Waals surface area contributed by atoms with Crippen LogP contribution in [0, 0.1) is 0 Å². The van der Waals surface area contributed by atoms with Gasteiger partial charge in [0.1, 0.15) is 41.3 Å². The Balaban J connectivity index is 1.61. The normalized spacial score (nSPS) is 12.5. The molecule has 0 aliphatic heterocycles. The summed E-state index contributed by atoms with van der Waals surface area (Å²) in [5.41, 5.74) is 2.97. The maximum Gasteiger partial charge on any atom is 0.141 e. The highest BCUT2D eigenvalue weighted by atomic mass is 16.5. The molecular weight excluding hydrogens is 466 g/mol. The lowest BCUT2D eigenvalue weighted by molar-refractivity contribution is 0.142. The minimum atomic E-state index is -0.891. The van der Waals surface area contributed by atoms with Crippen molar-refractivity contribution >= 4 is 11.0 Å². The first-order chi connectivity index (χ1) is 17.8. The van der Waals surface area contributed by atoms with E-state index in [0.717, 1.165) is 34.6 Å². The predicted molar refractivity (Wildman–Crippen MR) is 148 cm³/mol. The molecule has 1 aromatic heterocycles. The molecule has 0 aliphatic rings. The number of aliphatic hydroxyl groups is 1. The SMILES string of the molecule is COc1ccc(-c2oc3cc(OC)ccc3c2C(O)c2ccc(OCCN(C(C)C)C(C)C)cc2)cc1. The molecule has 6 heteroatoms. The van der Waals surface area contributed by atoms with Crippen molar-refractivity contribution in [3.05, 3.63) is 77.9 Å². The lowest BCUT2D eigenvalue weighted by atomic mass is 9.96. The summed E-state index contributed by atoms with van der Waals surface area (Å²) < 4.78 is 23.0. The van der Waals surface area contributed by atoms with E-state index in [1.54, 1.807) is 14.2 Å². The van der Waals surface area contributed by atoms with Crippen LogP contribution in [0.15, 0.2) is 71.1 Å². The van der Waals surface area contributed by atoms with Gasteiger partial charge in [-0.25, -0.2) is 0 Å². The lowest BCUT2D eigenvalue weighted by Crippen LogP contribution is -2.39. The van der Waals surface area contributed by atoms with E-state index in [0.29, 0.717) is 41.3 Å². The van der Waals surface area contributed by atoms with E-state index in [4.69, 9.17) is 18.6 Å². The Morgan fingerprint density at radius 2 is 1.38 bits per heavy atom. The molecule has 4 rings (SSSR count). The minimum absolute atomic E-state index is 0.464. The van der Waals surface area contributed by atoms with Gasteiger partial charge in [-0.2, -0.15) is 0 Å². The molecule has 37 heavy (non-hydrogen) atoms. The van der Waals surface area contributed by atoms with Crippen LogP contribution in [0.4, 0.5) is 0 Å². The molecule has 1 atom stereocenters. The van der Waals surface area contributed by atoms with Crippen molar-refractivity contribution in [2.75, 3.05) is 27.4 Å². The highest BCUT2D eigenvalue weighted by Gasteiger charge is 2.24. The standard InChI is InChI=1S/C31H37NO5/c1-20(2)32(21(3)4)17-18-36-25-13-7-22(8-14-25)30(33)29-27-16-15-26(35-6)19-28(27)37-31(29)23-9-11-24(34-5)12-10-23/h7-16,19-21,30,33H,17-18H2,1-6H3. The Morgan fingerprint density at radius 1 is 0.784 bits per heavy atom. The van der Waals surface area contributed by atoms with E-state index >= 15 is 0 Å². The maximum atomic E-state index is 11.5. The molecule has 0 saturated heterocycles. The molecule has 3 aromatic carbocycles. The molecule has 1 heterocycles. The van der Waals surface area contributed by atoms with Crippen LogP contribution in [0.25, 0.3) is 22.3 Å². The van der Waals surface area contributed by atoms with Crippen molar-refractivity contribution in [2.24, 2.45) is 0 Å². The molecule has 0 fully saturated rings. The second-order valence-corrected chi connectivity index (χ2v) is 9.68. The van der Waals surface area contributed by atoms with E-state index in [2.05, 4.69) is 32.6 Å². The average Bonchev–Trinajstić information content (AvgIpc) is 3.29. The molecule has 1 unspecified atom stereocenters. The second kappa shape index (κ2) is 11.7. The average molecular weight is 504 g/mol. The summed E-state index contributed by atoms with van der Waals surface area (Å²) in [7, 11) is 3.26. The van der Waals surface area contributed by atoms with Crippen molar-refractivity contribution in [1.29, 1.82) is 0 Å². The molecular formula is C31H37NO5. The predicted octanol–water partition coefficient (Wildman–Crippen LogP) is 6.70. The molecule has 0 amide bonds. The fraction of sp³-hybridized carbons (Fsp3) is 0.355. The van der Waals surface area contributed by atoms with Crippen LogP contribution < -0.4 is 14.2 Å². The molecule has 1 N–H and O–H groups in total. The van der Waals surface area contributed by atoms with Crippen molar-refractivity contribution in [1.82, 2.24) is 4.90 Å². The van der Waals surface area contributed by atoms with E-state index < -0.39 is 6.10 Å². The van der Waals surface area contributed by atoms with Gasteiger partial charge >= 0.3 is 0 Å². The van der Waals surface area contributed by atoms with Gasteiger partial charge in [0, 0.05) is 41.2 Å². The first kappa shape index (κ1) is 26.6. The third kappa shape index (κ3) is 5.92. The van der Waals surface area contributed by atoms with Crippen LogP contribution in [0.1, 0.15) is 44.9 Å². The molecule has 4 aromatic rings. The number of hydrogen-bond donors (Lipinski definition) is 1. The first-order valence-electron chi connectivity index (χ1n) is 12.7. The summed E-state index contributed by atoms with van der Waals surface area (Å²) >= 11 is 0. The van der Waals surface area contributed by atoms with E-state index in [-0.39, 0.29) is 0 Å². The van der Waals surface area contributed by atoms with Gasteiger partial charge in [-0.3, -0.25) is 4.90 Å². The molecule has 0 spiro atoms. The Hall–Kier alpha value is -3.48. The lowest BCUT2D eigenvalue weighted by Gasteiger charge is -2.30. The molecule has 6 nitrogen and oxygen atoms in total. The first-order valence-corrected chi connectivity index (χ1v) is 12.7. The van der Waals surface area contributed by atoms with Crippen LogP contribution in [0.2, 0.25) is 0 Å². The minimum Gasteiger partial charge on any atom is -0.497 e.